The van der Waals surface area contributed by atoms with Crippen molar-refractivity contribution in [2.45, 2.75) is 11.8 Å². The fraction of sp³-hybridized carbons (Fsp3) is 0.125. The van der Waals surface area contributed by atoms with Crippen LogP contribution in [-0.2, 0) is 14.8 Å². The lowest BCUT2D eigenvalue weighted by atomic mass is 10.1. The van der Waals surface area contributed by atoms with Crippen molar-refractivity contribution in [1.29, 1.82) is 0 Å². The Hall–Kier alpha value is -2.19. The molecular formula is C16H14FNO4S2. The molecule has 8 heteroatoms. The van der Waals surface area contributed by atoms with Crippen molar-refractivity contribution in [3.63, 3.8) is 0 Å². The summed E-state index contributed by atoms with van der Waals surface area (Å²) in [6, 6.07) is 10.7. The van der Waals surface area contributed by atoms with Crippen LogP contribution in [-0.4, -0.2) is 25.1 Å². The highest BCUT2D eigenvalue weighted by atomic mass is 32.2. The maximum absolute atomic E-state index is 13.6. The summed E-state index contributed by atoms with van der Waals surface area (Å²) in [5, 5.41) is -0.155. The smallest absolute Gasteiger partial charge is 0.264 e. The van der Waals surface area contributed by atoms with Crippen molar-refractivity contribution in [3.8, 4) is 0 Å². The van der Waals surface area contributed by atoms with Gasteiger partial charge in [-0.2, -0.15) is 0 Å². The zero-order valence-corrected chi connectivity index (χ0v) is 14.3. The lowest BCUT2D eigenvalue weighted by Gasteiger charge is -2.09. The first kappa shape index (κ1) is 18.2. The summed E-state index contributed by atoms with van der Waals surface area (Å²) < 4.78 is 40.2. The van der Waals surface area contributed by atoms with Crippen LogP contribution in [0.5, 0.6) is 0 Å². The molecule has 1 N–H and O–H groups in total. The van der Waals surface area contributed by atoms with Crippen LogP contribution in [0.1, 0.15) is 17.3 Å². The van der Waals surface area contributed by atoms with E-state index in [2.05, 4.69) is 4.72 Å². The number of carbonyl (C=O) groups is 2. The molecule has 0 aliphatic heterocycles. The normalized spacial score (nSPS) is 11.1. The van der Waals surface area contributed by atoms with Gasteiger partial charge in [-0.15, -0.1) is 0 Å². The van der Waals surface area contributed by atoms with Gasteiger partial charge in [-0.1, -0.05) is 23.9 Å². The molecule has 0 amide bonds. The third-order valence-electron chi connectivity index (χ3n) is 2.99. The fourth-order valence-corrected chi connectivity index (χ4v) is 3.49. The number of rotatable bonds is 6. The van der Waals surface area contributed by atoms with Gasteiger partial charge in [-0.3, -0.25) is 14.3 Å². The van der Waals surface area contributed by atoms with Gasteiger partial charge < -0.3 is 0 Å². The molecule has 0 saturated heterocycles. The summed E-state index contributed by atoms with van der Waals surface area (Å²) in [6.45, 7) is 1.37. The average molecular weight is 367 g/mol. The molecule has 0 heterocycles. The summed E-state index contributed by atoms with van der Waals surface area (Å²) in [5.41, 5.74) is 0.562. The van der Waals surface area contributed by atoms with Crippen LogP contribution in [0.15, 0.2) is 53.4 Å². The van der Waals surface area contributed by atoms with Crippen molar-refractivity contribution in [2.24, 2.45) is 0 Å². The number of hydrogen-bond donors (Lipinski definition) is 1. The fourth-order valence-electron chi connectivity index (χ4n) is 1.85. The predicted octanol–water partition coefficient (Wildman–Crippen LogP) is 3.09. The molecule has 0 saturated carbocycles. The zero-order valence-electron chi connectivity index (χ0n) is 12.7. The van der Waals surface area contributed by atoms with E-state index in [1.807, 2.05) is 0 Å². The first-order valence-corrected chi connectivity index (χ1v) is 9.30. The molecule has 0 aliphatic rings. The maximum atomic E-state index is 13.6. The van der Waals surface area contributed by atoms with Gasteiger partial charge in [0, 0.05) is 18.2 Å². The highest BCUT2D eigenvalue weighted by Gasteiger charge is 2.18. The lowest BCUT2D eigenvalue weighted by Crippen LogP contribution is -2.14. The molecular weight excluding hydrogens is 353 g/mol. The van der Waals surface area contributed by atoms with Gasteiger partial charge in [0.25, 0.3) is 10.0 Å². The first-order valence-electron chi connectivity index (χ1n) is 6.83. The molecule has 5 nitrogen and oxygen atoms in total. The molecule has 2 aromatic rings. The van der Waals surface area contributed by atoms with E-state index >= 15 is 0 Å². The molecule has 2 aromatic carbocycles. The Morgan fingerprint density at radius 1 is 1.08 bits per heavy atom. The molecule has 24 heavy (non-hydrogen) atoms. The van der Waals surface area contributed by atoms with Gasteiger partial charge in [0.1, 0.15) is 10.7 Å². The number of ketones is 1. The number of hydrogen-bond acceptors (Lipinski definition) is 5. The van der Waals surface area contributed by atoms with Gasteiger partial charge in [0.05, 0.1) is 5.75 Å². The molecule has 0 unspecified atom stereocenters. The lowest BCUT2D eigenvalue weighted by molar-refractivity contribution is -0.109. The van der Waals surface area contributed by atoms with E-state index in [9.17, 15) is 22.4 Å². The molecule has 126 valence electrons. The highest BCUT2D eigenvalue weighted by Crippen LogP contribution is 2.19. The molecule has 0 atom stereocenters. The van der Waals surface area contributed by atoms with E-state index in [0.29, 0.717) is 5.56 Å². The third kappa shape index (κ3) is 4.65. The van der Waals surface area contributed by atoms with Crippen LogP contribution >= 0.6 is 11.8 Å². The Morgan fingerprint density at radius 2 is 1.71 bits per heavy atom. The standard InChI is InChI=1S/C16H14FNO4S2/c1-11(19)23-10-15(20)12-6-8-13(9-7-12)18-24(21,22)16-5-3-2-4-14(16)17/h2-9,18H,10H2,1H3. The Labute approximate surface area is 143 Å². The summed E-state index contributed by atoms with van der Waals surface area (Å²) >= 11 is 0.906. The molecule has 0 spiro atoms. The number of nitrogens with one attached hydrogen (secondary N) is 1. The van der Waals surface area contributed by atoms with Gasteiger partial charge in [0.2, 0.25) is 0 Å². The number of anilines is 1. The number of benzene rings is 2. The Morgan fingerprint density at radius 3 is 2.29 bits per heavy atom. The monoisotopic (exact) mass is 367 g/mol. The topological polar surface area (TPSA) is 80.3 Å². The van der Waals surface area contributed by atoms with Gasteiger partial charge in [-0.25, -0.2) is 12.8 Å². The second-order valence-corrected chi connectivity index (χ2v) is 7.62. The maximum Gasteiger partial charge on any atom is 0.264 e. The summed E-state index contributed by atoms with van der Waals surface area (Å²) in [4.78, 5) is 22.3. The number of carbonyl (C=O) groups excluding carboxylic acids is 2. The van der Waals surface area contributed by atoms with Crippen molar-refractivity contribution in [1.82, 2.24) is 0 Å². The first-order chi connectivity index (χ1) is 11.3. The Balaban J connectivity index is 2.13. The van der Waals surface area contributed by atoms with E-state index in [1.54, 1.807) is 0 Å². The van der Waals surface area contributed by atoms with Crippen molar-refractivity contribution in [3.05, 3.63) is 59.9 Å². The van der Waals surface area contributed by atoms with Crippen LogP contribution in [0.2, 0.25) is 0 Å². The number of sulfonamides is 1. The van der Waals surface area contributed by atoms with Crippen molar-refractivity contribution < 1.29 is 22.4 Å². The van der Waals surface area contributed by atoms with Crippen LogP contribution < -0.4 is 4.72 Å². The molecule has 2 rings (SSSR count). The minimum Gasteiger partial charge on any atom is -0.293 e. The Bertz CT molecular complexity index is 864. The van der Waals surface area contributed by atoms with Crippen LogP contribution in [0, 0.1) is 5.82 Å². The molecule has 0 radical (unpaired) electrons. The molecule has 0 aliphatic carbocycles. The number of halogens is 1. The minimum atomic E-state index is -4.06. The SMILES string of the molecule is CC(=O)SCC(=O)c1ccc(NS(=O)(=O)c2ccccc2F)cc1. The third-order valence-corrected chi connectivity index (χ3v) is 5.22. The van der Waals surface area contributed by atoms with Crippen LogP contribution in [0.3, 0.4) is 0 Å². The molecule has 0 bridgehead atoms. The van der Waals surface area contributed by atoms with E-state index in [0.717, 1.165) is 23.9 Å². The second-order valence-electron chi connectivity index (χ2n) is 4.82. The minimum absolute atomic E-state index is 0.0234. The summed E-state index contributed by atoms with van der Waals surface area (Å²) in [7, 11) is -4.06. The number of thioether (sulfide) groups is 1. The largest absolute Gasteiger partial charge is 0.293 e. The van der Waals surface area contributed by atoms with E-state index in [4.69, 9.17) is 0 Å². The van der Waals surface area contributed by atoms with Crippen molar-refractivity contribution in [2.75, 3.05) is 10.5 Å². The summed E-state index contributed by atoms with van der Waals surface area (Å²) in [6.07, 6.45) is 0. The van der Waals surface area contributed by atoms with Crippen LogP contribution in [0.25, 0.3) is 0 Å². The highest BCUT2D eigenvalue weighted by molar-refractivity contribution is 8.14. The zero-order chi connectivity index (χ0) is 17.7. The second kappa shape index (κ2) is 7.59. The number of Topliss-reactive ketones (excluding diaryl/α,β-unsaturated/α-hetero) is 1. The molecule has 0 fully saturated rings. The van der Waals surface area contributed by atoms with E-state index in [-0.39, 0.29) is 22.3 Å². The quantitative estimate of drug-likeness (QED) is 0.794. The summed E-state index contributed by atoms with van der Waals surface area (Å²) in [5.74, 6) is -1.06. The van der Waals surface area contributed by atoms with E-state index in [1.165, 1.54) is 43.3 Å². The molecule has 0 aromatic heterocycles. The van der Waals surface area contributed by atoms with E-state index < -0.39 is 20.7 Å². The van der Waals surface area contributed by atoms with Gasteiger partial charge in [-0.05, 0) is 36.4 Å². The van der Waals surface area contributed by atoms with Crippen LogP contribution in [0.4, 0.5) is 10.1 Å². The predicted molar refractivity (Wildman–Crippen MR) is 91.1 cm³/mol. The van der Waals surface area contributed by atoms with Crippen molar-refractivity contribution >= 4 is 38.4 Å². The Kier molecular flexibility index (Phi) is 5.74. The van der Waals surface area contributed by atoms with Gasteiger partial charge >= 0.3 is 0 Å². The average Bonchev–Trinajstić information content (AvgIpc) is 2.53. The van der Waals surface area contributed by atoms with Gasteiger partial charge in [0.15, 0.2) is 10.9 Å².